The Kier molecular flexibility index (Phi) is 6.95. The average Bonchev–Trinajstić information content (AvgIpc) is 2.52. The van der Waals surface area contributed by atoms with Crippen molar-refractivity contribution in [3.05, 3.63) is 35.6 Å². The Morgan fingerprint density at radius 1 is 1.24 bits per heavy atom. The van der Waals surface area contributed by atoms with Gasteiger partial charge >= 0.3 is 11.9 Å². The van der Waals surface area contributed by atoms with E-state index in [1.807, 2.05) is 0 Å². The minimum absolute atomic E-state index is 0.256. The average molecular weight is 379 g/mol. The summed E-state index contributed by atoms with van der Waals surface area (Å²) in [6.45, 7) is 7.26. The van der Waals surface area contributed by atoms with Crippen LogP contribution in [-0.4, -0.2) is 27.8 Å². The van der Waals surface area contributed by atoms with Gasteiger partial charge in [0.2, 0.25) is 0 Å². The third kappa shape index (κ3) is 4.30. The van der Waals surface area contributed by atoms with Gasteiger partial charge in [-0.25, -0.2) is 9.18 Å². The first-order valence-electron chi connectivity index (χ1n) is 7.93. The lowest BCUT2D eigenvalue weighted by Gasteiger charge is -2.40. The molecule has 4 nitrogen and oxygen atoms in total. The first-order valence-corrected chi connectivity index (χ1v) is 9.08. The molecule has 0 saturated carbocycles. The zero-order chi connectivity index (χ0) is 19.5. The van der Waals surface area contributed by atoms with Crippen LogP contribution in [0.3, 0.4) is 0 Å². The molecule has 0 aliphatic heterocycles. The molecule has 0 aromatic heterocycles. The second-order valence-corrected chi connectivity index (χ2v) is 8.48. The summed E-state index contributed by atoms with van der Waals surface area (Å²) in [5.41, 5.74) is -2.95. The largest absolute Gasteiger partial charge is 0.598 e. The number of carbonyl (C=O) groups excluding carboxylic acids is 1. The van der Waals surface area contributed by atoms with Gasteiger partial charge in [-0.3, -0.25) is 0 Å². The molecule has 1 N–H and O–H groups in total. The van der Waals surface area contributed by atoms with E-state index in [2.05, 4.69) is 9.46 Å². The van der Waals surface area contributed by atoms with Crippen molar-refractivity contribution in [3.8, 4) is 0 Å². The monoisotopic (exact) mass is 379 g/mol. The molecule has 1 rings (SSSR count). The van der Waals surface area contributed by atoms with Crippen LogP contribution >= 0.6 is 0 Å². The number of hydrogen-bond donors (Lipinski definition) is 1. The Bertz CT molecular complexity index is 607. The van der Waals surface area contributed by atoms with E-state index in [0.717, 1.165) is 12.1 Å². The Hall–Kier alpha value is -1.25. The minimum atomic E-state index is -4.14. The van der Waals surface area contributed by atoms with E-state index < -0.39 is 44.9 Å². The SMILES string of the molecule is CCOC(=O)C(F)(F)[C@](CC)(N[S@@+]([O-])C(C)(C)C)c1ccccc1F. The number of halogens is 3. The number of nitrogens with one attached hydrogen (secondary N) is 1. The first-order chi connectivity index (χ1) is 11.4. The van der Waals surface area contributed by atoms with Gasteiger partial charge in [-0.05, 0) is 40.2 Å². The van der Waals surface area contributed by atoms with Crippen molar-refractivity contribution in [1.29, 1.82) is 0 Å². The summed E-state index contributed by atoms with van der Waals surface area (Å²) in [4.78, 5) is 12.0. The zero-order valence-electron chi connectivity index (χ0n) is 15.0. The molecule has 1 aromatic rings. The van der Waals surface area contributed by atoms with Gasteiger partial charge in [-0.1, -0.05) is 25.1 Å². The van der Waals surface area contributed by atoms with E-state index in [9.17, 15) is 13.7 Å². The van der Waals surface area contributed by atoms with E-state index in [-0.39, 0.29) is 13.0 Å². The molecular formula is C17H24F3NO3S. The quantitative estimate of drug-likeness (QED) is 0.580. The number of esters is 1. The Balaban J connectivity index is 3.59. The summed E-state index contributed by atoms with van der Waals surface area (Å²) >= 11 is -1.99. The fourth-order valence-electron chi connectivity index (χ4n) is 2.29. The number of alkyl halides is 2. The minimum Gasteiger partial charge on any atom is -0.598 e. The molecule has 0 unspecified atom stereocenters. The van der Waals surface area contributed by atoms with E-state index in [1.54, 1.807) is 20.8 Å². The van der Waals surface area contributed by atoms with E-state index in [4.69, 9.17) is 0 Å². The van der Waals surface area contributed by atoms with Gasteiger partial charge in [0.25, 0.3) is 0 Å². The predicted octanol–water partition coefficient (Wildman–Crippen LogP) is 3.68. The Morgan fingerprint density at radius 3 is 2.24 bits per heavy atom. The van der Waals surface area contributed by atoms with Crippen LogP contribution in [0.4, 0.5) is 13.2 Å². The molecule has 1 aromatic carbocycles. The van der Waals surface area contributed by atoms with Crippen LogP contribution in [0.25, 0.3) is 0 Å². The summed E-state index contributed by atoms with van der Waals surface area (Å²) in [7, 11) is 0. The number of ether oxygens (including phenoxy) is 1. The van der Waals surface area contributed by atoms with Crippen LogP contribution in [0.2, 0.25) is 0 Å². The molecule has 8 heteroatoms. The van der Waals surface area contributed by atoms with Crippen LogP contribution in [0, 0.1) is 5.82 Å². The molecule has 0 aliphatic carbocycles. The van der Waals surface area contributed by atoms with Crippen LogP contribution < -0.4 is 4.72 Å². The highest BCUT2D eigenvalue weighted by Crippen LogP contribution is 2.43. The zero-order valence-corrected chi connectivity index (χ0v) is 15.8. The van der Waals surface area contributed by atoms with Crippen molar-refractivity contribution in [2.45, 2.75) is 57.2 Å². The topological polar surface area (TPSA) is 61.4 Å². The molecular weight excluding hydrogens is 355 g/mol. The van der Waals surface area contributed by atoms with Crippen LogP contribution in [0.15, 0.2) is 24.3 Å². The van der Waals surface area contributed by atoms with Gasteiger partial charge in [0, 0.05) is 16.9 Å². The molecule has 0 spiro atoms. The van der Waals surface area contributed by atoms with Crippen molar-refractivity contribution < 1.29 is 27.3 Å². The van der Waals surface area contributed by atoms with E-state index in [0.29, 0.717) is 0 Å². The third-order valence-electron chi connectivity index (χ3n) is 3.75. The lowest BCUT2D eigenvalue weighted by Crippen LogP contribution is -2.63. The first kappa shape index (κ1) is 21.8. The molecule has 0 aliphatic rings. The molecule has 0 bridgehead atoms. The molecule has 0 saturated heterocycles. The summed E-state index contributed by atoms with van der Waals surface area (Å²) in [5.74, 6) is -6.86. The second kappa shape index (κ2) is 7.97. The van der Waals surface area contributed by atoms with Crippen LogP contribution in [0.1, 0.15) is 46.6 Å². The smallest absolute Gasteiger partial charge is 0.379 e. The molecule has 0 heterocycles. The molecule has 0 radical (unpaired) electrons. The van der Waals surface area contributed by atoms with Crippen molar-refractivity contribution in [1.82, 2.24) is 4.72 Å². The number of rotatable bonds is 7. The maximum absolute atomic E-state index is 15.1. The molecule has 142 valence electrons. The fourth-order valence-corrected chi connectivity index (χ4v) is 3.29. The number of carbonyl (C=O) groups is 1. The lowest BCUT2D eigenvalue weighted by atomic mass is 9.81. The molecule has 0 amide bonds. The maximum atomic E-state index is 15.1. The third-order valence-corrected chi connectivity index (χ3v) is 5.40. The van der Waals surface area contributed by atoms with Gasteiger partial charge < -0.3 is 9.29 Å². The Morgan fingerprint density at radius 2 is 1.80 bits per heavy atom. The predicted molar refractivity (Wildman–Crippen MR) is 91.0 cm³/mol. The van der Waals surface area contributed by atoms with Gasteiger partial charge in [0.1, 0.15) is 10.6 Å². The van der Waals surface area contributed by atoms with Crippen LogP contribution in [0.5, 0.6) is 0 Å². The maximum Gasteiger partial charge on any atom is 0.379 e. The van der Waals surface area contributed by atoms with E-state index in [1.165, 1.54) is 26.0 Å². The molecule has 25 heavy (non-hydrogen) atoms. The highest BCUT2D eigenvalue weighted by Gasteiger charge is 2.64. The van der Waals surface area contributed by atoms with Crippen molar-refractivity contribution in [2.75, 3.05) is 6.61 Å². The van der Waals surface area contributed by atoms with Gasteiger partial charge in [0.05, 0.1) is 6.61 Å². The van der Waals surface area contributed by atoms with E-state index >= 15 is 8.78 Å². The summed E-state index contributed by atoms with van der Waals surface area (Å²) in [5, 5.41) is 0. The second-order valence-electron chi connectivity index (χ2n) is 6.52. The Labute approximate surface area is 149 Å². The molecule has 2 atom stereocenters. The van der Waals surface area contributed by atoms with Crippen LogP contribution in [-0.2, 0) is 26.4 Å². The normalized spacial score (nSPS) is 16.2. The highest BCUT2D eigenvalue weighted by atomic mass is 32.2. The fraction of sp³-hybridized carbons (Fsp3) is 0.588. The standard InChI is InChI=1S/C17H24F3NO3S/c1-6-16(21-25(23)15(3,4)5,12-10-8-9-11-13(12)18)17(19,20)14(22)24-7-2/h8-11,21H,6-7H2,1-5H3/t16-,25+/m1/s1. The lowest BCUT2D eigenvalue weighted by molar-refractivity contribution is -0.185. The van der Waals surface area contributed by atoms with Gasteiger partial charge in [-0.15, -0.1) is 4.72 Å². The van der Waals surface area contributed by atoms with Crippen molar-refractivity contribution in [2.24, 2.45) is 0 Å². The summed E-state index contributed by atoms with van der Waals surface area (Å²) in [6, 6.07) is 4.90. The summed E-state index contributed by atoms with van der Waals surface area (Å²) < 4.78 is 63.0. The van der Waals surface area contributed by atoms with Gasteiger partial charge in [0.15, 0.2) is 5.54 Å². The highest BCUT2D eigenvalue weighted by molar-refractivity contribution is 7.90. The molecule has 0 fully saturated rings. The summed E-state index contributed by atoms with van der Waals surface area (Å²) in [6.07, 6.45) is -0.387. The van der Waals surface area contributed by atoms with Crippen molar-refractivity contribution >= 4 is 17.3 Å². The number of benzene rings is 1. The number of hydrogen-bond acceptors (Lipinski definition) is 4. The van der Waals surface area contributed by atoms with Crippen molar-refractivity contribution in [3.63, 3.8) is 0 Å². The van der Waals surface area contributed by atoms with Gasteiger partial charge in [-0.2, -0.15) is 8.78 Å².